The average molecular weight is 444 g/mol. The van der Waals surface area contributed by atoms with Crippen molar-refractivity contribution >= 4 is 5.91 Å². The summed E-state index contributed by atoms with van der Waals surface area (Å²) < 4.78 is 12.4. The Hall–Kier alpha value is -4.01. The first-order valence-corrected chi connectivity index (χ1v) is 10.9. The quantitative estimate of drug-likeness (QED) is 0.431. The molecule has 0 N–H and O–H groups in total. The second-order valence-corrected chi connectivity index (χ2v) is 8.01. The predicted octanol–water partition coefficient (Wildman–Crippen LogP) is 3.41. The van der Waals surface area contributed by atoms with E-state index in [1.165, 1.54) is 0 Å². The van der Waals surface area contributed by atoms with Gasteiger partial charge in [-0.1, -0.05) is 52.8 Å². The Labute approximate surface area is 191 Å². The van der Waals surface area contributed by atoms with Crippen LogP contribution in [-0.4, -0.2) is 56.1 Å². The van der Waals surface area contributed by atoms with Gasteiger partial charge in [0.25, 0.3) is 5.89 Å². The molecule has 0 saturated carbocycles. The second kappa shape index (κ2) is 9.23. The fraction of sp³-hybridized carbons (Fsp3) is 0.292. The van der Waals surface area contributed by atoms with Gasteiger partial charge in [0.2, 0.25) is 11.7 Å². The van der Waals surface area contributed by atoms with Gasteiger partial charge in [-0.25, -0.2) is 4.68 Å². The molecule has 0 aliphatic carbocycles. The molecule has 0 unspecified atom stereocenters. The summed E-state index contributed by atoms with van der Waals surface area (Å²) in [7, 11) is 1.64. The van der Waals surface area contributed by atoms with Crippen LogP contribution >= 0.6 is 0 Å². The van der Waals surface area contributed by atoms with Crippen molar-refractivity contribution in [1.29, 1.82) is 0 Å². The molecule has 0 spiro atoms. The molecule has 4 aromatic rings. The molecule has 33 heavy (non-hydrogen) atoms. The summed E-state index contributed by atoms with van der Waals surface area (Å²) in [4.78, 5) is 19.1. The van der Waals surface area contributed by atoms with E-state index in [4.69, 9.17) is 9.26 Å². The molecule has 168 valence electrons. The molecule has 5 rings (SSSR count). The first-order valence-electron chi connectivity index (χ1n) is 10.9. The molecule has 2 aromatic heterocycles. The normalized spacial score (nSPS) is 15.7. The topological polar surface area (TPSA) is 99.2 Å². The van der Waals surface area contributed by atoms with Crippen molar-refractivity contribution in [3.63, 3.8) is 0 Å². The maximum atomic E-state index is 12.7. The Bertz CT molecular complexity index is 1240. The molecule has 9 heteroatoms. The lowest BCUT2D eigenvalue weighted by Crippen LogP contribution is -2.29. The third-order valence-electron chi connectivity index (χ3n) is 5.84. The van der Waals surface area contributed by atoms with E-state index in [0.717, 1.165) is 23.3 Å². The number of likely N-dealkylation sites (tertiary alicyclic amines) is 1. The summed E-state index contributed by atoms with van der Waals surface area (Å²) >= 11 is 0. The van der Waals surface area contributed by atoms with Gasteiger partial charge in [0.05, 0.1) is 19.3 Å². The summed E-state index contributed by atoms with van der Waals surface area (Å²) in [6.45, 7) is 1.31. The number of hydrogen-bond donors (Lipinski definition) is 0. The number of hydrogen-bond acceptors (Lipinski definition) is 7. The highest BCUT2D eigenvalue weighted by molar-refractivity contribution is 5.76. The SMILES string of the molecule is COc1cccc(CCC(=O)N2CC[C@H](n3cc(-c4nc(-c5ccccc5)no4)nn3)C2)c1. The van der Waals surface area contributed by atoms with Crippen molar-refractivity contribution < 1.29 is 14.1 Å². The minimum atomic E-state index is 0.0727. The highest BCUT2D eigenvalue weighted by Crippen LogP contribution is 2.25. The van der Waals surface area contributed by atoms with Gasteiger partial charge in [0, 0.05) is 25.1 Å². The predicted molar refractivity (Wildman–Crippen MR) is 120 cm³/mol. The number of benzene rings is 2. The number of ether oxygens (including phenoxy) is 1. The average Bonchev–Trinajstić information content (AvgIpc) is 3.63. The lowest BCUT2D eigenvalue weighted by atomic mass is 10.1. The molecule has 0 radical (unpaired) electrons. The van der Waals surface area contributed by atoms with Crippen LogP contribution in [0.15, 0.2) is 65.3 Å². The van der Waals surface area contributed by atoms with Crippen LogP contribution in [0.2, 0.25) is 0 Å². The maximum absolute atomic E-state index is 12.7. The highest BCUT2D eigenvalue weighted by atomic mass is 16.5. The fourth-order valence-electron chi connectivity index (χ4n) is 4.01. The second-order valence-electron chi connectivity index (χ2n) is 8.01. The van der Waals surface area contributed by atoms with Crippen LogP contribution in [0.3, 0.4) is 0 Å². The molecular weight excluding hydrogens is 420 g/mol. The number of carbonyl (C=O) groups excluding carboxylic acids is 1. The number of amides is 1. The van der Waals surface area contributed by atoms with E-state index in [-0.39, 0.29) is 11.9 Å². The van der Waals surface area contributed by atoms with Crippen LogP contribution in [0.25, 0.3) is 23.0 Å². The van der Waals surface area contributed by atoms with E-state index in [9.17, 15) is 4.79 Å². The molecule has 9 nitrogen and oxygen atoms in total. The van der Waals surface area contributed by atoms with Gasteiger partial charge in [0.1, 0.15) is 5.75 Å². The van der Waals surface area contributed by atoms with Gasteiger partial charge < -0.3 is 14.2 Å². The summed E-state index contributed by atoms with van der Waals surface area (Å²) in [6.07, 6.45) is 3.78. The third-order valence-corrected chi connectivity index (χ3v) is 5.84. The standard InChI is InChI=1S/C24H24N6O3/c1-32-20-9-5-6-17(14-20)10-11-22(31)29-13-12-19(15-29)30-16-21(26-28-30)24-25-23(27-33-24)18-7-3-2-4-8-18/h2-9,14,16,19H,10-13,15H2,1H3/t19-/m0/s1. The molecule has 1 aliphatic heterocycles. The van der Waals surface area contributed by atoms with Crippen molar-refractivity contribution in [1.82, 2.24) is 30.0 Å². The first-order chi connectivity index (χ1) is 16.2. The van der Waals surface area contributed by atoms with E-state index in [1.807, 2.05) is 59.5 Å². The number of rotatable bonds is 7. The minimum absolute atomic E-state index is 0.0727. The van der Waals surface area contributed by atoms with Crippen molar-refractivity contribution in [2.45, 2.75) is 25.3 Å². The Morgan fingerprint density at radius 1 is 1.18 bits per heavy atom. The molecule has 1 saturated heterocycles. The lowest BCUT2D eigenvalue weighted by molar-refractivity contribution is -0.130. The number of carbonyl (C=O) groups is 1. The van der Waals surface area contributed by atoms with E-state index in [1.54, 1.807) is 18.0 Å². The zero-order valence-corrected chi connectivity index (χ0v) is 18.3. The van der Waals surface area contributed by atoms with Crippen LogP contribution in [0.1, 0.15) is 24.4 Å². The van der Waals surface area contributed by atoms with Gasteiger partial charge in [-0.3, -0.25) is 4.79 Å². The van der Waals surface area contributed by atoms with Crippen LogP contribution in [0.4, 0.5) is 0 Å². The Morgan fingerprint density at radius 3 is 2.91 bits per heavy atom. The summed E-state index contributed by atoms with van der Waals surface area (Å²) in [5.74, 6) is 1.78. The van der Waals surface area contributed by atoms with Gasteiger partial charge in [-0.2, -0.15) is 4.98 Å². The third kappa shape index (κ3) is 4.62. The van der Waals surface area contributed by atoms with Crippen LogP contribution in [0, 0.1) is 0 Å². The van der Waals surface area contributed by atoms with Crippen molar-refractivity contribution in [3.8, 4) is 28.7 Å². The Morgan fingerprint density at radius 2 is 2.06 bits per heavy atom. The highest BCUT2D eigenvalue weighted by Gasteiger charge is 2.28. The van der Waals surface area contributed by atoms with Crippen molar-refractivity contribution in [2.24, 2.45) is 0 Å². The number of aryl methyl sites for hydroxylation is 1. The molecule has 1 atom stereocenters. The molecule has 2 aromatic carbocycles. The van der Waals surface area contributed by atoms with Gasteiger partial charge >= 0.3 is 0 Å². The number of nitrogens with zero attached hydrogens (tertiary/aromatic N) is 6. The molecule has 1 amide bonds. The van der Waals surface area contributed by atoms with E-state index in [2.05, 4.69) is 20.5 Å². The summed E-state index contributed by atoms with van der Waals surface area (Å²) in [5.41, 5.74) is 2.49. The zero-order chi connectivity index (χ0) is 22.6. The lowest BCUT2D eigenvalue weighted by Gasteiger charge is -2.16. The van der Waals surface area contributed by atoms with Gasteiger partial charge in [0.15, 0.2) is 5.69 Å². The molecule has 1 aliphatic rings. The van der Waals surface area contributed by atoms with Crippen molar-refractivity contribution in [2.75, 3.05) is 20.2 Å². The van der Waals surface area contributed by atoms with E-state index >= 15 is 0 Å². The van der Waals surface area contributed by atoms with Crippen molar-refractivity contribution in [3.05, 3.63) is 66.4 Å². The Balaban J connectivity index is 1.19. The fourth-order valence-corrected chi connectivity index (χ4v) is 4.01. The maximum Gasteiger partial charge on any atom is 0.280 e. The smallest absolute Gasteiger partial charge is 0.280 e. The van der Waals surface area contributed by atoms with Crippen LogP contribution in [0.5, 0.6) is 5.75 Å². The molecule has 0 bridgehead atoms. The van der Waals surface area contributed by atoms with Crippen LogP contribution in [-0.2, 0) is 11.2 Å². The molecule has 3 heterocycles. The monoisotopic (exact) mass is 444 g/mol. The summed E-state index contributed by atoms with van der Waals surface area (Å²) in [5, 5.41) is 12.5. The largest absolute Gasteiger partial charge is 0.497 e. The molecular formula is C24H24N6O3. The van der Waals surface area contributed by atoms with E-state index < -0.39 is 0 Å². The first kappa shape index (κ1) is 20.9. The zero-order valence-electron chi connectivity index (χ0n) is 18.3. The summed E-state index contributed by atoms with van der Waals surface area (Å²) in [6, 6.07) is 17.5. The Kier molecular flexibility index (Phi) is 5.84. The number of aromatic nitrogens is 5. The van der Waals surface area contributed by atoms with Crippen LogP contribution < -0.4 is 4.74 Å². The van der Waals surface area contributed by atoms with Gasteiger partial charge in [-0.15, -0.1) is 5.10 Å². The minimum Gasteiger partial charge on any atom is -0.497 e. The van der Waals surface area contributed by atoms with E-state index in [0.29, 0.717) is 43.3 Å². The molecule has 1 fully saturated rings. The number of methoxy groups -OCH3 is 1. The van der Waals surface area contributed by atoms with Gasteiger partial charge in [-0.05, 0) is 30.5 Å².